The Balaban J connectivity index is 2.58. The predicted octanol–water partition coefficient (Wildman–Crippen LogP) is 0.660. The second-order valence-electron chi connectivity index (χ2n) is 3.30. The molecule has 0 saturated heterocycles. The summed E-state index contributed by atoms with van der Waals surface area (Å²) in [5.41, 5.74) is 1.28. The Bertz CT molecular complexity index is 355. The van der Waals surface area contributed by atoms with Gasteiger partial charge >= 0.3 is 0 Å². The van der Waals surface area contributed by atoms with E-state index in [-0.39, 0.29) is 5.78 Å². The third-order valence-corrected chi connectivity index (χ3v) is 2.49. The fraction of sp³-hybridized carbons (Fsp3) is 0.556. The molecule has 1 heterocycles. The Hall–Kier alpha value is -1.32. The van der Waals surface area contributed by atoms with E-state index in [1.54, 1.807) is 4.57 Å². The van der Waals surface area contributed by atoms with Crippen LogP contribution in [-0.4, -0.2) is 10.4 Å². The van der Waals surface area contributed by atoms with Crippen molar-refractivity contribution in [3.8, 4) is 0 Å². The average Bonchev–Trinajstić information content (AvgIpc) is 2.45. The zero-order valence-corrected chi connectivity index (χ0v) is 7.62. The van der Waals surface area contributed by atoms with Gasteiger partial charge in [-0.05, 0) is 13.3 Å². The Labute approximate surface area is 76.4 Å². The minimum Gasteiger partial charge on any atom is -0.711 e. The van der Waals surface area contributed by atoms with Crippen molar-refractivity contribution < 1.29 is 9.52 Å². The van der Waals surface area contributed by atoms with E-state index in [1.807, 2.05) is 6.92 Å². The lowest BCUT2D eigenvalue weighted by atomic mass is 10.00. The van der Waals surface area contributed by atoms with Crippen LogP contribution < -0.4 is 4.73 Å². The molecular formula is C9H12N2O2. The lowest BCUT2D eigenvalue weighted by molar-refractivity contribution is -0.613. The summed E-state index contributed by atoms with van der Waals surface area (Å²) in [6.07, 6.45) is 3.59. The van der Waals surface area contributed by atoms with E-state index in [9.17, 15) is 10.0 Å². The first-order valence-electron chi connectivity index (χ1n) is 4.58. The summed E-state index contributed by atoms with van der Waals surface area (Å²) in [6.45, 7) is 2.62. The molecule has 0 fully saturated rings. The molecule has 0 bridgehead atoms. The first-order valence-corrected chi connectivity index (χ1v) is 4.58. The molecule has 0 saturated carbocycles. The van der Waals surface area contributed by atoms with Crippen molar-refractivity contribution in [2.75, 3.05) is 0 Å². The van der Waals surface area contributed by atoms with Gasteiger partial charge in [-0.3, -0.25) is 4.79 Å². The number of nitrogens with zero attached hydrogens (tertiary/aromatic N) is 2. The van der Waals surface area contributed by atoms with Crippen molar-refractivity contribution in [1.82, 2.24) is 4.57 Å². The second-order valence-corrected chi connectivity index (χ2v) is 3.30. The van der Waals surface area contributed by atoms with Gasteiger partial charge in [0, 0.05) is 12.8 Å². The summed E-state index contributed by atoms with van der Waals surface area (Å²) in [6, 6.07) is 0. The Morgan fingerprint density at radius 3 is 3.08 bits per heavy atom. The number of fused-ring (bicyclic) bond motifs is 1. The molecule has 0 aromatic carbocycles. The molecule has 1 aliphatic rings. The number of aromatic nitrogens is 2. The van der Waals surface area contributed by atoms with Gasteiger partial charge in [0.25, 0.3) is 0 Å². The molecule has 1 aromatic rings. The highest BCUT2D eigenvalue weighted by Crippen LogP contribution is 2.18. The summed E-state index contributed by atoms with van der Waals surface area (Å²) < 4.78 is 2.57. The molecule has 2 rings (SSSR count). The van der Waals surface area contributed by atoms with Gasteiger partial charge in [-0.2, -0.15) is 0 Å². The number of hydrogen-bond acceptors (Lipinski definition) is 2. The van der Waals surface area contributed by atoms with Crippen LogP contribution in [0.5, 0.6) is 0 Å². The fourth-order valence-corrected chi connectivity index (χ4v) is 1.85. The SMILES string of the molecule is CCn1c[n+]([O-])c2c1C(=O)CCC2. The van der Waals surface area contributed by atoms with E-state index in [0.29, 0.717) is 24.4 Å². The molecule has 70 valence electrons. The third-order valence-electron chi connectivity index (χ3n) is 2.49. The minimum absolute atomic E-state index is 0.109. The van der Waals surface area contributed by atoms with Crippen molar-refractivity contribution in [2.24, 2.45) is 0 Å². The number of rotatable bonds is 1. The maximum atomic E-state index is 11.5. The molecule has 0 N–H and O–H groups in total. The molecule has 0 amide bonds. The van der Waals surface area contributed by atoms with Crippen LogP contribution in [0, 0.1) is 5.21 Å². The standard InChI is InChI=1S/C9H12N2O2/c1-2-10-6-11(13)7-4-3-5-8(12)9(7)10/h6H,2-5H2,1H3. The van der Waals surface area contributed by atoms with Gasteiger partial charge in [0.15, 0.2) is 5.69 Å². The molecular weight excluding hydrogens is 168 g/mol. The van der Waals surface area contributed by atoms with Gasteiger partial charge in [-0.1, -0.05) is 0 Å². The van der Waals surface area contributed by atoms with Gasteiger partial charge in [0.1, 0.15) is 0 Å². The first-order chi connectivity index (χ1) is 6.24. The second kappa shape index (κ2) is 2.87. The molecule has 0 spiro atoms. The van der Waals surface area contributed by atoms with Gasteiger partial charge in [0.2, 0.25) is 17.8 Å². The molecule has 4 heteroatoms. The molecule has 4 nitrogen and oxygen atoms in total. The molecule has 0 unspecified atom stereocenters. The number of Topliss-reactive ketones (excluding diaryl/α,β-unsaturated/α-hetero) is 1. The molecule has 13 heavy (non-hydrogen) atoms. The predicted molar refractivity (Wildman–Crippen MR) is 46.3 cm³/mol. The molecule has 0 radical (unpaired) electrons. The highest BCUT2D eigenvalue weighted by Gasteiger charge is 2.28. The van der Waals surface area contributed by atoms with Crippen LogP contribution in [0.4, 0.5) is 0 Å². The Morgan fingerprint density at radius 2 is 2.38 bits per heavy atom. The summed E-state index contributed by atoms with van der Waals surface area (Å²) in [4.78, 5) is 11.5. The molecule has 1 aliphatic carbocycles. The van der Waals surface area contributed by atoms with E-state index in [4.69, 9.17) is 0 Å². The van der Waals surface area contributed by atoms with Crippen molar-refractivity contribution in [2.45, 2.75) is 32.7 Å². The maximum Gasteiger partial charge on any atom is 0.247 e. The third kappa shape index (κ3) is 1.13. The average molecular weight is 180 g/mol. The number of hydrogen-bond donors (Lipinski definition) is 0. The van der Waals surface area contributed by atoms with Gasteiger partial charge in [-0.25, -0.2) is 9.30 Å². The highest BCUT2D eigenvalue weighted by atomic mass is 16.5. The van der Waals surface area contributed by atoms with E-state index in [2.05, 4.69) is 0 Å². The first kappa shape index (κ1) is 8.29. The van der Waals surface area contributed by atoms with Crippen molar-refractivity contribution in [3.05, 3.63) is 22.9 Å². The highest BCUT2D eigenvalue weighted by molar-refractivity contribution is 5.96. The topological polar surface area (TPSA) is 48.9 Å². The number of ketones is 1. The number of imidazole rings is 1. The van der Waals surface area contributed by atoms with Gasteiger partial charge < -0.3 is 5.21 Å². The maximum absolute atomic E-state index is 11.5. The minimum atomic E-state index is 0.109. The Morgan fingerprint density at radius 1 is 1.62 bits per heavy atom. The van der Waals surface area contributed by atoms with Gasteiger partial charge in [0.05, 0.1) is 6.54 Å². The molecule has 0 aliphatic heterocycles. The monoisotopic (exact) mass is 180 g/mol. The van der Waals surface area contributed by atoms with Crippen molar-refractivity contribution in [3.63, 3.8) is 0 Å². The smallest absolute Gasteiger partial charge is 0.247 e. The zero-order valence-electron chi connectivity index (χ0n) is 7.62. The number of carbonyl (C=O) groups excluding carboxylic acids is 1. The zero-order chi connectivity index (χ0) is 9.42. The lowest BCUT2D eigenvalue weighted by Gasteiger charge is -2.08. The Kier molecular flexibility index (Phi) is 1.83. The summed E-state index contributed by atoms with van der Waals surface area (Å²) in [7, 11) is 0. The quantitative estimate of drug-likeness (QED) is 0.471. The molecule has 1 aromatic heterocycles. The van der Waals surface area contributed by atoms with E-state index >= 15 is 0 Å². The van der Waals surface area contributed by atoms with Crippen molar-refractivity contribution in [1.29, 1.82) is 0 Å². The normalized spacial score (nSPS) is 15.9. The number of carbonyl (C=O) groups is 1. The van der Waals surface area contributed by atoms with Crippen LogP contribution in [0.3, 0.4) is 0 Å². The van der Waals surface area contributed by atoms with Gasteiger partial charge in [-0.15, -0.1) is 0 Å². The van der Waals surface area contributed by atoms with Crippen molar-refractivity contribution >= 4 is 5.78 Å². The lowest BCUT2D eigenvalue weighted by Crippen LogP contribution is -2.30. The van der Waals surface area contributed by atoms with E-state index < -0.39 is 0 Å². The van der Waals surface area contributed by atoms with Crippen LogP contribution in [0.1, 0.15) is 35.9 Å². The van der Waals surface area contributed by atoms with Crippen LogP contribution in [0.25, 0.3) is 0 Å². The molecule has 0 atom stereocenters. The summed E-state index contributed by atoms with van der Waals surface area (Å²) in [5, 5.41) is 11.3. The number of aryl methyl sites for hydroxylation is 1. The summed E-state index contributed by atoms with van der Waals surface area (Å²) >= 11 is 0. The largest absolute Gasteiger partial charge is 0.711 e. The van der Waals surface area contributed by atoms with E-state index in [1.165, 1.54) is 6.33 Å². The van der Waals surface area contributed by atoms with Crippen LogP contribution >= 0.6 is 0 Å². The van der Waals surface area contributed by atoms with E-state index in [0.717, 1.165) is 17.6 Å². The fourth-order valence-electron chi connectivity index (χ4n) is 1.85. The summed E-state index contributed by atoms with van der Waals surface area (Å²) in [5.74, 6) is 0.109. The van der Waals surface area contributed by atoms with Crippen LogP contribution in [0.2, 0.25) is 0 Å². The van der Waals surface area contributed by atoms with Crippen LogP contribution in [-0.2, 0) is 13.0 Å². The van der Waals surface area contributed by atoms with Crippen LogP contribution in [0.15, 0.2) is 6.33 Å².